The number of benzene rings is 7. The summed E-state index contributed by atoms with van der Waals surface area (Å²) in [6.07, 6.45) is 1.11. The molecule has 4 nitrogen and oxygen atoms in total. The van der Waals surface area contributed by atoms with Gasteiger partial charge in [0.1, 0.15) is 28.7 Å². The zero-order valence-electron chi connectivity index (χ0n) is 47.4. The molecule has 51 heavy (non-hydrogen) atoms. The van der Waals surface area contributed by atoms with Gasteiger partial charge in [0.2, 0.25) is 0 Å². The lowest BCUT2D eigenvalue weighted by atomic mass is 9.97. The van der Waals surface area contributed by atoms with Crippen LogP contribution in [0.25, 0.3) is 109 Å². The van der Waals surface area contributed by atoms with Gasteiger partial charge in [-0.25, -0.2) is 9.97 Å². The molecule has 0 aliphatic heterocycles. The van der Waals surface area contributed by atoms with Crippen molar-refractivity contribution < 1.29 is 39.0 Å². The SMILES string of the molecule is [2H]c1c([2H])c(-c2c([2H])c([2H])c([2H])c3c2oc2c([2H])c([2H])c([2H])c([2H])c23)c([2H])c(-c2cccc3c2sc2c(-c4c([2H])c([2H])c([2H])c(-c5c([2H])c([2H])c([2H])c6c5oc5c([2H])c([2H])c([2H])c([2H])c56)c4[2H])ncnc23)c1[2H]. The molecule has 0 spiro atoms. The Morgan fingerprint density at radius 3 is 1.69 bits per heavy atom. The van der Waals surface area contributed by atoms with Crippen LogP contribution in [0.5, 0.6) is 0 Å². The first kappa shape index (κ1) is 14.4. The molecule has 11 aromatic rings. The number of furan rings is 2. The molecule has 11 rings (SSSR count). The lowest BCUT2D eigenvalue weighted by Crippen LogP contribution is -1.87. The highest BCUT2D eigenvalue weighted by molar-refractivity contribution is 7.26. The Kier molecular flexibility index (Phi) is 3.09. The molecule has 0 fully saturated rings. The number of para-hydroxylation sites is 4. The summed E-state index contributed by atoms with van der Waals surface area (Å²) in [6.45, 7) is 0. The van der Waals surface area contributed by atoms with E-state index < -0.39 is 178 Å². The third kappa shape index (κ3) is 4.32. The molecule has 0 aliphatic rings. The number of thiophene rings is 1. The minimum absolute atomic E-state index is 0.116. The fourth-order valence-corrected chi connectivity index (χ4v) is 7.44. The van der Waals surface area contributed by atoms with E-state index >= 15 is 0 Å². The second kappa shape index (κ2) is 11.0. The molecule has 4 heterocycles. The largest absolute Gasteiger partial charge is 0.455 e. The molecule has 4 aromatic heterocycles. The highest BCUT2D eigenvalue weighted by Crippen LogP contribution is 2.44. The number of fused-ring (bicyclic) bond motifs is 9. The first-order valence-electron chi connectivity index (χ1n) is 26.2. The van der Waals surface area contributed by atoms with Crippen LogP contribution in [0.15, 0.2) is 166 Å². The van der Waals surface area contributed by atoms with Gasteiger partial charge in [0.05, 0.1) is 46.1 Å². The molecule has 0 saturated heterocycles. The molecule has 0 saturated carbocycles. The fourth-order valence-electron chi connectivity index (χ4n) is 6.17. The monoisotopic (exact) mass is 692 g/mol. The molecule has 0 N–H and O–H groups in total. The van der Waals surface area contributed by atoms with Crippen molar-refractivity contribution in [2.24, 2.45) is 0 Å². The van der Waals surface area contributed by atoms with Crippen LogP contribution < -0.4 is 0 Å². The smallest absolute Gasteiger partial charge is 0.143 e. The van der Waals surface area contributed by atoms with Crippen molar-refractivity contribution in [1.82, 2.24) is 9.97 Å². The Morgan fingerprint density at radius 2 is 1.02 bits per heavy atom. The van der Waals surface area contributed by atoms with Crippen LogP contribution in [0.3, 0.4) is 0 Å². The van der Waals surface area contributed by atoms with Crippen molar-refractivity contribution in [2.45, 2.75) is 0 Å². The summed E-state index contributed by atoms with van der Waals surface area (Å²) in [5.41, 5.74) is -3.97. The average Bonchev–Trinajstić information content (AvgIpc) is 4.09. The van der Waals surface area contributed by atoms with Crippen LogP contribution in [-0.4, -0.2) is 9.97 Å². The first-order valence-corrected chi connectivity index (χ1v) is 16.0. The molecule has 0 amide bonds. The van der Waals surface area contributed by atoms with Crippen LogP contribution in [0.4, 0.5) is 0 Å². The van der Waals surface area contributed by atoms with Crippen molar-refractivity contribution in [3.05, 3.63) is 157 Å². The van der Waals surface area contributed by atoms with E-state index in [4.69, 9.17) is 34.9 Å². The Bertz CT molecular complexity index is 4150. The molecule has 0 unspecified atom stereocenters. The van der Waals surface area contributed by atoms with Crippen molar-refractivity contribution >= 4 is 75.5 Å². The third-order valence-electron chi connectivity index (χ3n) is 8.41. The van der Waals surface area contributed by atoms with Gasteiger partial charge < -0.3 is 8.83 Å². The predicted molar refractivity (Wildman–Crippen MR) is 211 cm³/mol. The molecule has 238 valence electrons. The fraction of sp³-hybridized carbons (Fsp3) is 0. The predicted octanol–water partition coefficient (Wildman–Crippen LogP) is 13.3. The number of hydrogen-bond donors (Lipinski definition) is 0. The standard InChI is InChI=1S/C46H26N2O2S/c1-3-22-39-34(14-1)36-19-7-16-31(43(36)49-39)27-10-5-12-29(24-27)33-18-9-21-38-42-46(51-45(33)38)41(47-26-48-42)30-13-6-11-28(25-30)32-17-8-20-37-35-15-2-4-23-40(35)50-44(32)37/h1-26H/i1D,2D,3D,4D,5D,6D,7D,8D,10D,11D,12D,13D,14D,15D,16D,17D,19D,20D,22D,23D,24D,25D. The minimum Gasteiger partial charge on any atom is -0.455 e. The van der Waals surface area contributed by atoms with Crippen molar-refractivity contribution in [3.63, 3.8) is 0 Å². The molecule has 0 bridgehead atoms. The van der Waals surface area contributed by atoms with Gasteiger partial charge >= 0.3 is 0 Å². The van der Waals surface area contributed by atoms with Gasteiger partial charge in [-0.1, -0.05) is 127 Å². The summed E-state index contributed by atoms with van der Waals surface area (Å²) in [6, 6.07) is -10.1. The van der Waals surface area contributed by atoms with Crippen LogP contribution in [0.2, 0.25) is 0 Å². The lowest BCUT2D eigenvalue weighted by Gasteiger charge is -2.08. The summed E-state index contributed by atoms with van der Waals surface area (Å²) in [5, 5.41) is -0.772. The van der Waals surface area contributed by atoms with E-state index in [0.717, 1.165) is 17.7 Å². The van der Waals surface area contributed by atoms with E-state index in [1.807, 2.05) is 0 Å². The van der Waals surface area contributed by atoms with Crippen molar-refractivity contribution in [1.29, 1.82) is 0 Å². The topological polar surface area (TPSA) is 52.1 Å². The maximum Gasteiger partial charge on any atom is 0.143 e. The first-order chi connectivity index (χ1) is 34.5. The van der Waals surface area contributed by atoms with E-state index in [1.165, 1.54) is 6.07 Å². The number of aromatic nitrogens is 2. The second-order valence-corrected chi connectivity index (χ2v) is 12.2. The van der Waals surface area contributed by atoms with Crippen LogP contribution in [-0.2, 0) is 0 Å². The number of hydrogen-bond acceptors (Lipinski definition) is 5. The second-order valence-electron chi connectivity index (χ2n) is 11.2. The quantitative estimate of drug-likeness (QED) is 0.184. The Hall–Kier alpha value is -6.56. The molecule has 0 aliphatic carbocycles. The molecule has 0 radical (unpaired) electrons. The maximum atomic E-state index is 9.67. The minimum atomic E-state index is -0.757. The van der Waals surface area contributed by atoms with Crippen LogP contribution in [0.1, 0.15) is 30.2 Å². The summed E-state index contributed by atoms with van der Waals surface area (Å²) in [7, 11) is 0. The highest BCUT2D eigenvalue weighted by atomic mass is 32.1. The van der Waals surface area contributed by atoms with Gasteiger partial charge in [0, 0.05) is 48.3 Å². The van der Waals surface area contributed by atoms with Crippen molar-refractivity contribution in [2.75, 3.05) is 0 Å². The van der Waals surface area contributed by atoms with Crippen LogP contribution in [0, 0.1) is 0 Å². The molecular formula is C46H26N2O2S. The number of nitrogens with zero attached hydrogens (tertiary/aromatic N) is 2. The van der Waals surface area contributed by atoms with Gasteiger partial charge in [-0.3, -0.25) is 0 Å². The Labute approximate surface area is 326 Å². The maximum absolute atomic E-state index is 9.67. The average molecular weight is 693 g/mol. The summed E-state index contributed by atoms with van der Waals surface area (Å²) in [5.74, 6) is 0. The molecular weight excluding hydrogens is 645 g/mol. The summed E-state index contributed by atoms with van der Waals surface area (Å²) in [4.78, 5) is 8.94. The van der Waals surface area contributed by atoms with Gasteiger partial charge in [-0.15, -0.1) is 11.3 Å². The van der Waals surface area contributed by atoms with E-state index in [2.05, 4.69) is 9.97 Å². The molecule has 0 atom stereocenters. The van der Waals surface area contributed by atoms with E-state index in [-0.39, 0.29) is 54.1 Å². The third-order valence-corrected chi connectivity index (χ3v) is 9.64. The lowest BCUT2D eigenvalue weighted by molar-refractivity contribution is 0.669. The van der Waals surface area contributed by atoms with Gasteiger partial charge in [0.25, 0.3) is 0 Å². The Morgan fingerprint density at radius 1 is 0.471 bits per heavy atom. The highest BCUT2D eigenvalue weighted by Gasteiger charge is 2.19. The molecule has 7 aromatic carbocycles. The molecule has 5 heteroatoms. The summed E-state index contributed by atoms with van der Waals surface area (Å²) < 4.78 is 207. The zero-order chi connectivity index (χ0) is 52.6. The number of rotatable bonds is 4. The van der Waals surface area contributed by atoms with Gasteiger partial charge in [0.15, 0.2) is 0 Å². The van der Waals surface area contributed by atoms with Crippen LogP contribution >= 0.6 is 11.3 Å². The van der Waals surface area contributed by atoms with Crippen molar-refractivity contribution in [3.8, 4) is 44.6 Å². The van der Waals surface area contributed by atoms with Gasteiger partial charge in [-0.2, -0.15) is 0 Å². The summed E-state index contributed by atoms with van der Waals surface area (Å²) >= 11 is 0.951. The van der Waals surface area contributed by atoms with E-state index in [9.17, 15) is 4.11 Å². The van der Waals surface area contributed by atoms with E-state index in [0.29, 0.717) is 10.1 Å². The van der Waals surface area contributed by atoms with Gasteiger partial charge in [-0.05, 0) is 46.4 Å². The normalized spacial score (nSPS) is 18.0. The zero-order valence-corrected chi connectivity index (χ0v) is 26.2. The van der Waals surface area contributed by atoms with E-state index in [1.54, 1.807) is 12.1 Å². The Balaban J connectivity index is 1.18.